The van der Waals surface area contributed by atoms with Gasteiger partial charge in [-0.15, -0.1) is 5.10 Å². The number of sulfonamides is 1. The summed E-state index contributed by atoms with van der Waals surface area (Å²) in [4.78, 5) is 17.2. The maximum atomic E-state index is 12.6. The monoisotopic (exact) mass is 443 g/mol. The van der Waals surface area contributed by atoms with E-state index in [0.717, 1.165) is 24.4 Å². The first-order valence-electron chi connectivity index (χ1n) is 9.44. The van der Waals surface area contributed by atoms with Crippen molar-refractivity contribution in [3.63, 3.8) is 0 Å². The zero-order chi connectivity index (χ0) is 21.3. The SMILES string of the molecule is C[C@@H](Sc1nc(C2CC2)n(-c2ccccc2)n1)C(=O)Nc1ccc(S(N)(=O)=O)cc1. The van der Waals surface area contributed by atoms with Crippen molar-refractivity contribution >= 4 is 33.4 Å². The van der Waals surface area contributed by atoms with E-state index < -0.39 is 15.3 Å². The number of hydrogen-bond acceptors (Lipinski definition) is 6. The summed E-state index contributed by atoms with van der Waals surface area (Å²) in [6, 6.07) is 15.5. The molecule has 1 saturated carbocycles. The second kappa shape index (κ2) is 8.21. The van der Waals surface area contributed by atoms with Gasteiger partial charge in [-0.2, -0.15) is 0 Å². The Balaban J connectivity index is 1.46. The molecule has 1 fully saturated rings. The number of para-hydroxylation sites is 1. The Morgan fingerprint density at radius 2 is 1.83 bits per heavy atom. The number of nitrogens with one attached hydrogen (secondary N) is 1. The minimum atomic E-state index is -3.77. The molecule has 3 N–H and O–H groups in total. The Kier molecular flexibility index (Phi) is 5.63. The van der Waals surface area contributed by atoms with Crippen molar-refractivity contribution in [3.05, 3.63) is 60.4 Å². The molecule has 4 rings (SSSR count). The van der Waals surface area contributed by atoms with Crippen molar-refractivity contribution in [1.29, 1.82) is 0 Å². The third kappa shape index (κ3) is 4.72. The molecule has 1 atom stereocenters. The number of carbonyl (C=O) groups is 1. The average molecular weight is 444 g/mol. The van der Waals surface area contributed by atoms with E-state index in [9.17, 15) is 13.2 Å². The van der Waals surface area contributed by atoms with Crippen LogP contribution < -0.4 is 10.5 Å². The summed E-state index contributed by atoms with van der Waals surface area (Å²) < 4.78 is 24.5. The van der Waals surface area contributed by atoms with Gasteiger partial charge in [0.15, 0.2) is 0 Å². The number of primary sulfonamides is 1. The molecular weight excluding hydrogens is 422 g/mol. The molecule has 0 aliphatic heterocycles. The van der Waals surface area contributed by atoms with Crippen LogP contribution in [0.1, 0.15) is 31.5 Å². The van der Waals surface area contributed by atoms with Crippen LogP contribution in [0.15, 0.2) is 64.6 Å². The zero-order valence-corrected chi connectivity index (χ0v) is 17.9. The van der Waals surface area contributed by atoms with E-state index in [1.807, 2.05) is 35.0 Å². The molecule has 1 heterocycles. The fourth-order valence-corrected chi connectivity index (χ4v) is 4.18. The Morgan fingerprint density at radius 1 is 1.17 bits per heavy atom. The molecule has 1 aliphatic rings. The van der Waals surface area contributed by atoms with E-state index in [-0.39, 0.29) is 10.8 Å². The van der Waals surface area contributed by atoms with E-state index in [1.54, 1.807) is 6.92 Å². The quantitative estimate of drug-likeness (QED) is 0.542. The highest BCUT2D eigenvalue weighted by atomic mass is 32.2. The maximum Gasteiger partial charge on any atom is 0.238 e. The Labute approximate surface area is 178 Å². The molecule has 10 heteroatoms. The van der Waals surface area contributed by atoms with E-state index in [1.165, 1.54) is 36.0 Å². The number of nitrogens with two attached hydrogens (primary N) is 1. The van der Waals surface area contributed by atoms with Gasteiger partial charge in [-0.25, -0.2) is 23.2 Å². The highest BCUT2D eigenvalue weighted by Gasteiger charge is 2.31. The molecule has 1 aliphatic carbocycles. The number of carbonyl (C=O) groups excluding carboxylic acids is 1. The normalized spacial score (nSPS) is 15.0. The van der Waals surface area contributed by atoms with Crippen LogP contribution in [-0.4, -0.2) is 34.3 Å². The first-order valence-corrected chi connectivity index (χ1v) is 11.9. The summed E-state index contributed by atoms with van der Waals surface area (Å²) in [6.07, 6.45) is 2.19. The van der Waals surface area contributed by atoms with Gasteiger partial charge in [-0.3, -0.25) is 4.79 Å². The average Bonchev–Trinajstić information content (AvgIpc) is 3.48. The highest BCUT2D eigenvalue weighted by Crippen LogP contribution is 2.40. The molecular formula is C20H21N5O3S2. The number of anilines is 1. The molecule has 2 aromatic carbocycles. The number of benzene rings is 2. The highest BCUT2D eigenvalue weighted by molar-refractivity contribution is 8.00. The van der Waals surface area contributed by atoms with Gasteiger partial charge < -0.3 is 5.32 Å². The third-order valence-electron chi connectivity index (χ3n) is 4.66. The largest absolute Gasteiger partial charge is 0.325 e. The van der Waals surface area contributed by atoms with Crippen LogP contribution in [0.5, 0.6) is 0 Å². The van der Waals surface area contributed by atoms with Gasteiger partial charge in [0.05, 0.1) is 15.8 Å². The van der Waals surface area contributed by atoms with Crippen molar-refractivity contribution in [2.75, 3.05) is 5.32 Å². The summed E-state index contributed by atoms with van der Waals surface area (Å²) in [6.45, 7) is 1.78. The molecule has 0 bridgehead atoms. The molecule has 0 unspecified atom stereocenters. The maximum absolute atomic E-state index is 12.6. The molecule has 30 heavy (non-hydrogen) atoms. The van der Waals surface area contributed by atoms with Crippen LogP contribution in [-0.2, 0) is 14.8 Å². The second-order valence-electron chi connectivity index (χ2n) is 7.09. The van der Waals surface area contributed by atoms with Gasteiger partial charge in [0, 0.05) is 11.6 Å². The predicted molar refractivity (Wildman–Crippen MR) is 115 cm³/mol. The van der Waals surface area contributed by atoms with Crippen LogP contribution >= 0.6 is 11.8 Å². The van der Waals surface area contributed by atoms with Gasteiger partial charge >= 0.3 is 0 Å². The van der Waals surface area contributed by atoms with Gasteiger partial charge in [0.25, 0.3) is 0 Å². The molecule has 0 radical (unpaired) electrons. The van der Waals surface area contributed by atoms with E-state index in [0.29, 0.717) is 16.8 Å². The lowest BCUT2D eigenvalue weighted by molar-refractivity contribution is -0.115. The molecule has 156 valence electrons. The number of thioether (sulfide) groups is 1. The van der Waals surface area contributed by atoms with E-state index in [4.69, 9.17) is 5.14 Å². The molecule has 3 aromatic rings. The number of rotatable bonds is 7. The van der Waals surface area contributed by atoms with Gasteiger partial charge in [0.2, 0.25) is 21.1 Å². The fraction of sp³-hybridized carbons (Fsp3) is 0.250. The molecule has 1 amide bonds. The first-order chi connectivity index (χ1) is 14.3. The zero-order valence-electron chi connectivity index (χ0n) is 16.2. The second-order valence-corrected chi connectivity index (χ2v) is 9.96. The Morgan fingerprint density at radius 3 is 2.43 bits per heavy atom. The van der Waals surface area contributed by atoms with Gasteiger partial charge in [-0.05, 0) is 56.2 Å². The predicted octanol–water partition coefficient (Wildman–Crippen LogP) is 2.91. The van der Waals surface area contributed by atoms with Gasteiger partial charge in [0.1, 0.15) is 5.82 Å². The van der Waals surface area contributed by atoms with Crippen molar-refractivity contribution in [2.45, 2.75) is 41.0 Å². The summed E-state index contributed by atoms with van der Waals surface area (Å²) in [5.41, 5.74) is 1.44. The molecule has 0 saturated heterocycles. The van der Waals surface area contributed by atoms with Crippen molar-refractivity contribution in [2.24, 2.45) is 5.14 Å². The lowest BCUT2D eigenvalue weighted by atomic mass is 10.3. The summed E-state index contributed by atoms with van der Waals surface area (Å²) in [7, 11) is -3.77. The van der Waals surface area contributed by atoms with Crippen LogP contribution in [0.2, 0.25) is 0 Å². The Bertz CT molecular complexity index is 1160. The van der Waals surface area contributed by atoms with Gasteiger partial charge in [-0.1, -0.05) is 30.0 Å². The van der Waals surface area contributed by atoms with Crippen LogP contribution in [0.25, 0.3) is 5.69 Å². The number of hydrogen-bond donors (Lipinski definition) is 2. The van der Waals surface area contributed by atoms with Crippen molar-refractivity contribution < 1.29 is 13.2 Å². The standard InChI is InChI=1S/C20H21N5O3S2/c1-13(19(26)22-15-9-11-17(12-10-15)30(21,27)28)29-20-23-18(14-7-8-14)25(24-20)16-5-3-2-4-6-16/h2-6,9-14H,7-8H2,1H3,(H,22,26)(H2,21,27,28)/t13-/m1/s1. The van der Waals surface area contributed by atoms with Crippen LogP contribution in [0.4, 0.5) is 5.69 Å². The van der Waals surface area contributed by atoms with Crippen molar-refractivity contribution in [1.82, 2.24) is 14.8 Å². The Hall–Kier alpha value is -2.69. The van der Waals surface area contributed by atoms with E-state index >= 15 is 0 Å². The summed E-state index contributed by atoms with van der Waals surface area (Å²) >= 11 is 1.28. The third-order valence-corrected chi connectivity index (χ3v) is 6.54. The van der Waals surface area contributed by atoms with Crippen LogP contribution in [0, 0.1) is 0 Å². The first kappa shape index (κ1) is 20.6. The summed E-state index contributed by atoms with van der Waals surface area (Å²) in [5, 5.41) is 12.6. The lowest BCUT2D eigenvalue weighted by Crippen LogP contribution is -2.22. The lowest BCUT2D eigenvalue weighted by Gasteiger charge is -2.10. The number of nitrogens with zero attached hydrogens (tertiary/aromatic N) is 3. The molecule has 1 aromatic heterocycles. The summed E-state index contributed by atoms with van der Waals surface area (Å²) in [5.74, 6) is 1.11. The number of amides is 1. The number of aromatic nitrogens is 3. The fourth-order valence-electron chi connectivity index (χ4n) is 2.90. The minimum absolute atomic E-state index is 0.00817. The molecule has 8 nitrogen and oxygen atoms in total. The minimum Gasteiger partial charge on any atom is -0.325 e. The van der Waals surface area contributed by atoms with Crippen molar-refractivity contribution in [3.8, 4) is 5.69 Å². The van der Waals surface area contributed by atoms with Crippen LogP contribution in [0.3, 0.4) is 0 Å². The van der Waals surface area contributed by atoms with E-state index in [2.05, 4.69) is 15.4 Å². The smallest absolute Gasteiger partial charge is 0.238 e. The molecule has 0 spiro atoms. The topological polar surface area (TPSA) is 120 Å².